The number of hydrogen-bond acceptors (Lipinski definition) is 1. The Labute approximate surface area is 43.7 Å². The molecule has 0 aromatic carbocycles. The second-order valence-electron chi connectivity index (χ2n) is 1.27. The molecule has 0 spiro atoms. The van der Waals surface area contributed by atoms with Crippen LogP contribution in [0.5, 0.6) is 0 Å². The lowest BCUT2D eigenvalue weighted by Crippen LogP contribution is -1.90. The van der Waals surface area contributed by atoms with E-state index < -0.39 is 6.10 Å². The number of terminal acetylenes is 1. The Morgan fingerprint density at radius 1 is 1.86 bits per heavy atom. The summed E-state index contributed by atoms with van der Waals surface area (Å²) >= 11 is 0. The van der Waals surface area contributed by atoms with Crippen LogP contribution >= 0.6 is 0 Å². The van der Waals surface area contributed by atoms with E-state index in [2.05, 4.69) is 5.92 Å². The molecule has 0 bridgehead atoms. The summed E-state index contributed by atoms with van der Waals surface area (Å²) in [5.41, 5.74) is 0. The Kier molecular flexibility index (Phi) is 3.09. The van der Waals surface area contributed by atoms with Crippen LogP contribution < -0.4 is 0 Å². The predicted molar refractivity (Wildman–Crippen MR) is 29.7 cm³/mol. The Balaban J connectivity index is 3.31. The van der Waals surface area contributed by atoms with Gasteiger partial charge in [0.2, 0.25) is 0 Å². The van der Waals surface area contributed by atoms with E-state index in [0.29, 0.717) is 0 Å². The van der Waals surface area contributed by atoms with Crippen molar-refractivity contribution >= 4 is 0 Å². The first-order chi connectivity index (χ1) is 3.27. The van der Waals surface area contributed by atoms with E-state index in [-0.39, 0.29) is 0 Å². The molecule has 1 heteroatoms. The highest BCUT2D eigenvalue weighted by molar-refractivity contribution is 5.09. The van der Waals surface area contributed by atoms with Crippen LogP contribution in [0.25, 0.3) is 0 Å². The normalized spacial score (nSPS) is 13.9. The van der Waals surface area contributed by atoms with Crippen molar-refractivity contribution in [2.24, 2.45) is 0 Å². The van der Waals surface area contributed by atoms with Crippen LogP contribution in [0.2, 0.25) is 0 Å². The molecule has 0 aliphatic heterocycles. The molecule has 1 nitrogen and oxygen atoms in total. The van der Waals surface area contributed by atoms with Crippen LogP contribution in [-0.4, -0.2) is 11.2 Å². The third kappa shape index (κ3) is 5.26. The lowest BCUT2D eigenvalue weighted by Gasteiger charge is -1.86. The highest BCUT2D eigenvalue weighted by Crippen LogP contribution is 1.78. The van der Waals surface area contributed by atoms with Crippen LogP contribution in [0.15, 0.2) is 12.2 Å². The molecule has 0 rings (SSSR count). The molecule has 0 heterocycles. The minimum atomic E-state index is -0.420. The standard InChI is InChI=1S/C6H8O/c1-3-4-5-6(2)7/h1,4-7H,2H3. The van der Waals surface area contributed by atoms with Crippen molar-refractivity contribution in [1.82, 2.24) is 0 Å². The molecule has 7 heavy (non-hydrogen) atoms. The molecule has 0 aromatic rings. The minimum absolute atomic E-state index is 0.420. The Morgan fingerprint density at radius 3 is 2.57 bits per heavy atom. The van der Waals surface area contributed by atoms with E-state index >= 15 is 0 Å². The largest absolute Gasteiger partial charge is 0.389 e. The van der Waals surface area contributed by atoms with E-state index in [1.807, 2.05) is 0 Å². The topological polar surface area (TPSA) is 20.2 Å². The fourth-order valence-electron chi connectivity index (χ4n) is 0.195. The zero-order valence-electron chi connectivity index (χ0n) is 4.26. The van der Waals surface area contributed by atoms with Crippen LogP contribution in [0.1, 0.15) is 6.92 Å². The first kappa shape index (κ1) is 6.26. The highest BCUT2D eigenvalue weighted by Gasteiger charge is 1.79. The quantitative estimate of drug-likeness (QED) is 0.473. The zero-order chi connectivity index (χ0) is 5.70. The molecule has 0 amide bonds. The second kappa shape index (κ2) is 3.45. The van der Waals surface area contributed by atoms with Gasteiger partial charge < -0.3 is 5.11 Å². The first-order valence-electron chi connectivity index (χ1n) is 2.08. The maximum Gasteiger partial charge on any atom is 0.0701 e. The monoisotopic (exact) mass is 96.1 g/mol. The molecular formula is C6H8O. The van der Waals surface area contributed by atoms with Gasteiger partial charge in [0.25, 0.3) is 0 Å². The Morgan fingerprint density at radius 2 is 2.43 bits per heavy atom. The molecule has 0 aliphatic carbocycles. The van der Waals surface area contributed by atoms with Gasteiger partial charge in [-0.15, -0.1) is 6.42 Å². The molecule has 38 valence electrons. The molecule has 1 N–H and O–H groups in total. The third-order valence-corrected chi connectivity index (χ3v) is 0.471. The summed E-state index contributed by atoms with van der Waals surface area (Å²) in [5.74, 6) is 2.26. The van der Waals surface area contributed by atoms with Crippen molar-refractivity contribution in [3.63, 3.8) is 0 Å². The molecule has 0 aromatic heterocycles. The smallest absolute Gasteiger partial charge is 0.0701 e. The Bertz CT molecular complexity index is 95.2. The van der Waals surface area contributed by atoms with Gasteiger partial charge in [0.05, 0.1) is 6.10 Å². The van der Waals surface area contributed by atoms with Gasteiger partial charge in [0.1, 0.15) is 0 Å². The molecular weight excluding hydrogens is 88.1 g/mol. The van der Waals surface area contributed by atoms with Crippen LogP contribution in [-0.2, 0) is 0 Å². The highest BCUT2D eigenvalue weighted by atomic mass is 16.3. The molecule has 0 fully saturated rings. The van der Waals surface area contributed by atoms with Crippen LogP contribution in [0.4, 0.5) is 0 Å². The van der Waals surface area contributed by atoms with E-state index in [9.17, 15) is 0 Å². The van der Waals surface area contributed by atoms with Gasteiger partial charge >= 0.3 is 0 Å². The summed E-state index contributed by atoms with van der Waals surface area (Å²) in [6, 6.07) is 0. The van der Waals surface area contributed by atoms with Gasteiger partial charge in [0.15, 0.2) is 0 Å². The number of hydrogen-bond donors (Lipinski definition) is 1. The molecule has 1 unspecified atom stereocenters. The third-order valence-electron chi connectivity index (χ3n) is 0.471. The van der Waals surface area contributed by atoms with Crippen molar-refractivity contribution in [1.29, 1.82) is 0 Å². The molecule has 0 saturated carbocycles. The molecule has 0 radical (unpaired) electrons. The van der Waals surface area contributed by atoms with Crippen molar-refractivity contribution in [2.75, 3.05) is 0 Å². The molecule has 0 aliphatic rings. The van der Waals surface area contributed by atoms with E-state index in [4.69, 9.17) is 11.5 Å². The van der Waals surface area contributed by atoms with Gasteiger partial charge in [-0.25, -0.2) is 0 Å². The van der Waals surface area contributed by atoms with Gasteiger partial charge in [-0.3, -0.25) is 0 Å². The van der Waals surface area contributed by atoms with Crippen molar-refractivity contribution < 1.29 is 5.11 Å². The molecule has 0 saturated heterocycles. The van der Waals surface area contributed by atoms with Gasteiger partial charge in [0, 0.05) is 0 Å². The maximum absolute atomic E-state index is 8.50. The average molecular weight is 96.1 g/mol. The van der Waals surface area contributed by atoms with Crippen LogP contribution in [0, 0.1) is 12.3 Å². The first-order valence-corrected chi connectivity index (χ1v) is 2.08. The van der Waals surface area contributed by atoms with Crippen LogP contribution in [0.3, 0.4) is 0 Å². The summed E-state index contributed by atoms with van der Waals surface area (Å²) in [6.45, 7) is 1.65. The van der Waals surface area contributed by atoms with Crippen molar-refractivity contribution in [3.05, 3.63) is 12.2 Å². The fourth-order valence-corrected chi connectivity index (χ4v) is 0.195. The van der Waals surface area contributed by atoms with E-state index in [1.54, 1.807) is 13.0 Å². The lowest BCUT2D eigenvalue weighted by atomic mass is 10.4. The maximum atomic E-state index is 8.50. The lowest BCUT2D eigenvalue weighted by molar-refractivity contribution is 0.244. The summed E-state index contributed by atoms with van der Waals surface area (Å²) in [4.78, 5) is 0. The SMILES string of the molecule is C#CC=CC(C)O. The summed E-state index contributed by atoms with van der Waals surface area (Å²) in [6.07, 6.45) is 7.43. The van der Waals surface area contributed by atoms with Gasteiger partial charge in [-0.2, -0.15) is 0 Å². The number of allylic oxidation sites excluding steroid dienone is 1. The minimum Gasteiger partial charge on any atom is -0.389 e. The average Bonchev–Trinajstić information content (AvgIpc) is 1.61. The summed E-state index contributed by atoms with van der Waals surface area (Å²) in [7, 11) is 0. The summed E-state index contributed by atoms with van der Waals surface area (Å²) < 4.78 is 0. The van der Waals surface area contributed by atoms with E-state index in [0.717, 1.165) is 0 Å². The number of aliphatic hydroxyl groups excluding tert-OH is 1. The van der Waals surface area contributed by atoms with Crippen molar-refractivity contribution in [2.45, 2.75) is 13.0 Å². The number of aliphatic hydroxyl groups is 1. The number of rotatable bonds is 1. The predicted octanol–water partition coefficient (Wildman–Crippen LogP) is 0.557. The van der Waals surface area contributed by atoms with Gasteiger partial charge in [-0.05, 0) is 19.1 Å². The van der Waals surface area contributed by atoms with E-state index in [1.165, 1.54) is 6.08 Å². The van der Waals surface area contributed by atoms with Gasteiger partial charge in [-0.1, -0.05) is 5.92 Å². The molecule has 1 atom stereocenters. The Hall–Kier alpha value is -0.740. The zero-order valence-corrected chi connectivity index (χ0v) is 4.26. The van der Waals surface area contributed by atoms with Crippen molar-refractivity contribution in [3.8, 4) is 12.3 Å². The second-order valence-corrected chi connectivity index (χ2v) is 1.27. The fraction of sp³-hybridized carbons (Fsp3) is 0.333. The summed E-state index contributed by atoms with van der Waals surface area (Å²) in [5, 5.41) is 8.50.